The largest absolute Gasteiger partial charge is 0.361 e. The van der Waals surface area contributed by atoms with Gasteiger partial charge in [0.1, 0.15) is 5.69 Å². The molecular weight excluding hydrogens is 411 g/mol. The Hall–Kier alpha value is -3.23. The molecular formula is C24H23N2O4P. The van der Waals surface area contributed by atoms with Crippen LogP contribution in [0.5, 0.6) is 0 Å². The average molecular weight is 434 g/mol. The van der Waals surface area contributed by atoms with Crippen LogP contribution in [-0.4, -0.2) is 24.1 Å². The van der Waals surface area contributed by atoms with Crippen molar-refractivity contribution in [1.29, 1.82) is 0 Å². The minimum Gasteiger partial charge on any atom is -0.322 e. The number of pyridine rings is 1. The summed E-state index contributed by atoms with van der Waals surface area (Å²) in [4.78, 5) is 16.8. The maximum atomic E-state index is 12.8. The van der Waals surface area contributed by atoms with E-state index < -0.39 is 7.60 Å². The second kappa shape index (κ2) is 10.7. The molecule has 0 saturated heterocycles. The third-order valence-corrected chi connectivity index (χ3v) is 6.29. The fraction of sp³-hybridized carbons (Fsp3) is 0.167. The number of benzene rings is 2. The number of rotatable bonds is 7. The Morgan fingerprint density at radius 3 is 2.35 bits per heavy atom. The van der Waals surface area contributed by atoms with E-state index in [-0.39, 0.29) is 19.1 Å². The number of nitrogens with one attached hydrogen (secondary N) is 1. The highest BCUT2D eigenvalue weighted by atomic mass is 31.2. The second-order valence-corrected chi connectivity index (χ2v) is 8.41. The number of nitrogens with zero attached hydrogens (tertiary/aromatic N) is 1. The molecule has 0 bridgehead atoms. The Labute approximate surface area is 182 Å². The number of aromatic nitrogens is 1. The van der Waals surface area contributed by atoms with E-state index in [0.717, 1.165) is 0 Å². The van der Waals surface area contributed by atoms with Gasteiger partial charge in [0.05, 0.1) is 18.5 Å². The summed E-state index contributed by atoms with van der Waals surface area (Å²) in [6, 6.07) is 19.2. The zero-order valence-corrected chi connectivity index (χ0v) is 18.3. The van der Waals surface area contributed by atoms with E-state index in [1.54, 1.807) is 62.5 Å². The average Bonchev–Trinajstić information content (AvgIpc) is 2.79. The minimum atomic E-state index is -3.36. The predicted molar refractivity (Wildman–Crippen MR) is 122 cm³/mol. The maximum Gasteiger partial charge on any atom is 0.361 e. The molecule has 0 spiro atoms. The number of carbonyl (C=O) groups is 1. The van der Waals surface area contributed by atoms with Gasteiger partial charge in [-0.3, -0.25) is 9.36 Å². The van der Waals surface area contributed by atoms with Gasteiger partial charge in [-0.2, -0.15) is 0 Å². The van der Waals surface area contributed by atoms with Gasteiger partial charge in [-0.1, -0.05) is 18.1 Å². The van der Waals surface area contributed by atoms with Crippen molar-refractivity contribution in [3.63, 3.8) is 0 Å². The van der Waals surface area contributed by atoms with E-state index in [0.29, 0.717) is 27.8 Å². The molecule has 1 aromatic heterocycles. The topological polar surface area (TPSA) is 77.5 Å². The fourth-order valence-corrected chi connectivity index (χ4v) is 4.33. The van der Waals surface area contributed by atoms with Gasteiger partial charge in [-0.05, 0) is 74.4 Å². The van der Waals surface area contributed by atoms with Gasteiger partial charge in [-0.15, -0.1) is 0 Å². The van der Waals surface area contributed by atoms with E-state index in [1.807, 2.05) is 24.3 Å². The molecule has 3 aromatic rings. The first-order valence-corrected chi connectivity index (χ1v) is 11.4. The summed E-state index contributed by atoms with van der Waals surface area (Å²) >= 11 is 0. The number of carbonyl (C=O) groups excluding carboxylic acids is 1. The molecule has 6 nitrogen and oxygen atoms in total. The van der Waals surface area contributed by atoms with Crippen molar-refractivity contribution in [3.8, 4) is 11.8 Å². The van der Waals surface area contributed by atoms with Gasteiger partial charge < -0.3 is 14.4 Å². The summed E-state index contributed by atoms with van der Waals surface area (Å²) in [6.45, 7) is 4.06. The van der Waals surface area contributed by atoms with Crippen molar-refractivity contribution in [2.45, 2.75) is 13.8 Å². The Morgan fingerprint density at radius 1 is 0.968 bits per heavy atom. The van der Waals surface area contributed by atoms with Gasteiger partial charge in [0.15, 0.2) is 0 Å². The summed E-state index contributed by atoms with van der Waals surface area (Å²) in [5, 5.41) is 3.28. The van der Waals surface area contributed by atoms with Crippen LogP contribution in [-0.2, 0) is 13.6 Å². The Balaban J connectivity index is 1.72. The molecule has 7 heteroatoms. The Bertz CT molecular complexity index is 1130. The van der Waals surface area contributed by atoms with Crippen molar-refractivity contribution in [3.05, 3.63) is 89.7 Å². The lowest BCUT2D eigenvalue weighted by Crippen LogP contribution is -2.14. The summed E-state index contributed by atoms with van der Waals surface area (Å²) in [5.74, 6) is 5.72. The van der Waals surface area contributed by atoms with Crippen LogP contribution in [0.1, 0.15) is 35.5 Å². The first kappa shape index (κ1) is 22.5. The molecule has 0 aliphatic carbocycles. The molecule has 31 heavy (non-hydrogen) atoms. The molecule has 0 radical (unpaired) electrons. The Kier molecular flexibility index (Phi) is 7.75. The number of hydrogen-bond acceptors (Lipinski definition) is 5. The Morgan fingerprint density at radius 2 is 1.71 bits per heavy atom. The van der Waals surface area contributed by atoms with Crippen molar-refractivity contribution >= 4 is 24.5 Å². The first-order chi connectivity index (χ1) is 15.0. The van der Waals surface area contributed by atoms with Gasteiger partial charge in [0.25, 0.3) is 5.91 Å². The lowest BCUT2D eigenvalue weighted by atomic mass is 10.1. The van der Waals surface area contributed by atoms with Crippen LogP contribution in [0, 0.1) is 11.8 Å². The highest BCUT2D eigenvalue weighted by Gasteiger charge is 2.26. The monoisotopic (exact) mass is 434 g/mol. The molecule has 3 rings (SSSR count). The smallest absolute Gasteiger partial charge is 0.322 e. The van der Waals surface area contributed by atoms with Crippen LogP contribution < -0.4 is 10.6 Å². The molecule has 1 heterocycles. The van der Waals surface area contributed by atoms with E-state index >= 15 is 0 Å². The van der Waals surface area contributed by atoms with Gasteiger partial charge >= 0.3 is 7.60 Å². The lowest BCUT2D eigenvalue weighted by Gasteiger charge is -2.17. The zero-order valence-electron chi connectivity index (χ0n) is 17.4. The van der Waals surface area contributed by atoms with E-state index in [4.69, 9.17) is 9.05 Å². The molecule has 0 fully saturated rings. The normalized spacial score (nSPS) is 10.8. The number of anilines is 1. The summed E-state index contributed by atoms with van der Waals surface area (Å²) < 4.78 is 23.5. The maximum absolute atomic E-state index is 12.8. The zero-order chi connectivity index (χ0) is 22.1. The van der Waals surface area contributed by atoms with Crippen LogP contribution in [0.2, 0.25) is 0 Å². The van der Waals surface area contributed by atoms with Crippen LogP contribution in [0.3, 0.4) is 0 Å². The standard InChI is InChI=1S/C24H23N2O4P/c1-3-29-31(28,30-4-2)23-15-13-22(14-16-23)26-24(27)20-9-7-8-19(18-20)11-12-21-10-5-6-17-25-21/h5-10,13-18H,3-4H2,1-2H3,(H,26,27). The van der Waals surface area contributed by atoms with Crippen molar-refractivity contribution in [1.82, 2.24) is 4.98 Å². The van der Waals surface area contributed by atoms with E-state index in [1.165, 1.54) is 0 Å². The van der Waals surface area contributed by atoms with Crippen LogP contribution in [0.15, 0.2) is 72.9 Å². The highest BCUT2D eigenvalue weighted by Crippen LogP contribution is 2.46. The van der Waals surface area contributed by atoms with Gasteiger partial charge in [-0.25, -0.2) is 4.98 Å². The number of amides is 1. The molecule has 1 N–H and O–H groups in total. The molecule has 0 aliphatic rings. The van der Waals surface area contributed by atoms with Crippen molar-refractivity contribution in [2.24, 2.45) is 0 Å². The summed E-state index contributed by atoms with van der Waals surface area (Å²) in [5.41, 5.74) is 2.42. The molecule has 2 aromatic carbocycles. The highest BCUT2D eigenvalue weighted by molar-refractivity contribution is 7.62. The molecule has 1 amide bonds. The molecule has 158 valence electrons. The predicted octanol–water partition coefficient (Wildman–Crippen LogP) is 4.63. The van der Waals surface area contributed by atoms with Crippen LogP contribution in [0.25, 0.3) is 0 Å². The van der Waals surface area contributed by atoms with Crippen LogP contribution >= 0.6 is 7.60 Å². The van der Waals surface area contributed by atoms with E-state index in [9.17, 15) is 9.36 Å². The van der Waals surface area contributed by atoms with Crippen molar-refractivity contribution in [2.75, 3.05) is 18.5 Å². The second-order valence-electron chi connectivity index (χ2n) is 6.38. The van der Waals surface area contributed by atoms with Gasteiger partial charge in [0, 0.05) is 23.0 Å². The summed E-state index contributed by atoms with van der Waals surface area (Å²) in [6.07, 6.45) is 1.68. The number of hydrogen-bond donors (Lipinski definition) is 1. The quantitative estimate of drug-likeness (QED) is 0.434. The third-order valence-electron chi connectivity index (χ3n) is 4.16. The van der Waals surface area contributed by atoms with Crippen molar-refractivity contribution < 1.29 is 18.4 Å². The molecule has 0 saturated carbocycles. The third kappa shape index (κ3) is 6.13. The lowest BCUT2D eigenvalue weighted by molar-refractivity contribution is 0.102. The summed E-state index contributed by atoms with van der Waals surface area (Å²) in [7, 11) is -3.36. The first-order valence-electron chi connectivity index (χ1n) is 9.88. The SMILES string of the molecule is CCOP(=O)(OCC)c1ccc(NC(=O)c2cccc(C#Cc3ccccn3)c2)cc1. The fourth-order valence-electron chi connectivity index (χ4n) is 2.77. The molecule has 0 unspecified atom stereocenters. The van der Waals surface area contributed by atoms with E-state index in [2.05, 4.69) is 22.1 Å². The molecule has 0 atom stereocenters. The minimum absolute atomic E-state index is 0.271. The van der Waals surface area contributed by atoms with Crippen LogP contribution in [0.4, 0.5) is 5.69 Å². The molecule has 0 aliphatic heterocycles. The van der Waals surface area contributed by atoms with Gasteiger partial charge in [0.2, 0.25) is 0 Å².